The van der Waals surface area contributed by atoms with Crippen molar-refractivity contribution >= 4 is 238 Å². The van der Waals surface area contributed by atoms with E-state index in [0.717, 1.165) is 267 Å². The second-order valence-electron chi connectivity index (χ2n) is 31.8. The number of benzene rings is 4. The lowest BCUT2D eigenvalue weighted by Crippen LogP contribution is -2.46. The molecule has 27 nitrogen and oxygen atoms in total. The van der Waals surface area contributed by atoms with Gasteiger partial charge < -0.3 is 51.1 Å². The number of nitrogens with one attached hydrogen (secondary N) is 4. The zero-order chi connectivity index (χ0) is 85.5. The maximum atomic E-state index is 11.9. The maximum absolute atomic E-state index is 11.9. The normalized spacial score (nSPS) is 22.4. The number of carbonyl (C=O) groups excluding carboxylic acids is 3. The summed E-state index contributed by atoms with van der Waals surface area (Å²) in [5.41, 5.74) is 7.52. The van der Waals surface area contributed by atoms with Gasteiger partial charge in [0, 0.05) is 179 Å². The van der Waals surface area contributed by atoms with Gasteiger partial charge in [-0.15, -0.1) is 68.5 Å². The first-order valence-corrected chi connectivity index (χ1v) is 49.5. The molecule has 0 unspecified atom stereocenters. The number of aromatic nitrogens is 8. The Hall–Kier alpha value is -7.16. The zero-order valence-electron chi connectivity index (χ0n) is 68.2. The van der Waals surface area contributed by atoms with Crippen molar-refractivity contribution in [3.8, 4) is 0 Å². The summed E-state index contributed by atoms with van der Waals surface area (Å²) in [6.45, 7) is 16.9. The Morgan fingerprint density at radius 3 is 0.895 bits per heavy atom. The van der Waals surface area contributed by atoms with Gasteiger partial charge in [0.25, 0.3) is 5.24 Å². The summed E-state index contributed by atoms with van der Waals surface area (Å²) in [7, 11) is 7.36. The molecule has 0 bridgehead atoms. The lowest BCUT2D eigenvalue weighted by atomic mass is 9.90. The van der Waals surface area contributed by atoms with Gasteiger partial charge in [0.05, 0.1) is 85.3 Å². The molecule has 0 atom stereocenters. The van der Waals surface area contributed by atoms with Gasteiger partial charge in [-0.1, -0.05) is 7.43 Å². The minimum Gasteiger partial charge on any atom is -0.478 e. The highest BCUT2D eigenvalue weighted by Crippen LogP contribution is 2.43. The van der Waals surface area contributed by atoms with E-state index in [1.807, 2.05) is 48.5 Å². The number of Topliss-reactive ketones (excluding diaryl/α,β-unsaturated/α-hetero) is 1. The molecule has 4 aromatic carbocycles. The van der Waals surface area contributed by atoms with Gasteiger partial charge >= 0.3 is 5.97 Å². The van der Waals surface area contributed by atoms with Crippen LogP contribution in [0.3, 0.4) is 0 Å². The van der Waals surface area contributed by atoms with Crippen LogP contribution in [0.25, 0.3) is 81.2 Å². The first kappa shape index (κ1) is 93.0. The van der Waals surface area contributed by atoms with E-state index in [0.29, 0.717) is 59.5 Å². The molecule has 4 saturated heterocycles. The number of nitrogens with zero attached hydrogens (tertiary/aromatic N) is 12. The van der Waals surface area contributed by atoms with E-state index in [4.69, 9.17) is 63.7 Å². The van der Waals surface area contributed by atoms with Crippen LogP contribution in [-0.2, 0) is 28.2 Å². The fourth-order valence-corrected chi connectivity index (χ4v) is 22.6. The number of carbonyl (C=O) groups is 4. The van der Waals surface area contributed by atoms with Crippen LogP contribution < -0.4 is 27.0 Å². The minimum atomic E-state index is -1.67. The van der Waals surface area contributed by atoms with E-state index in [1.54, 1.807) is 102 Å². The largest absolute Gasteiger partial charge is 0.478 e. The topological polar surface area (TPSA) is 333 Å². The highest BCUT2D eigenvalue weighted by atomic mass is 36.0. The van der Waals surface area contributed by atoms with Crippen LogP contribution in [0.15, 0.2) is 98.1 Å². The Kier molecular flexibility index (Phi) is 33.5. The van der Waals surface area contributed by atoms with Crippen LogP contribution in [0.5, 0.6) is 0 Å². The molecule has 124 heavy (non-hydrogen) atoms. The second kappa shape index (κ2) is 44.7. The predicted octanol–water partition coefficient (Wildman–Crippen LogP) is 18.1. The average Bonchev–Trinajstić information content (AvgIpc) is 1.63. The highest BCUT2D eigenvalue weighted by Gasteiger charge is 2.34. The molecule has 662 valence electrons. The lowest BCUT2D eigenvalue weighted by molar-refractivity contribution is 0.00788. The summed E-state index contributed by atoms with van der Waals surface area (Å²) in [4.78, 5) is 96.6. The van der Waals surface area contributed by atoms with Crippen molar-refractivity contribution in [3.05, 3.63) is 120 Å². The van der Waals surface area contributed by atoms with Gasteiger partial charge in [-0.3, -0.25) is 34.0 Å². The molecule has 0 radical (unpaired) electrons. The number of carboxylic acids is 1. The number of thiophene rings is 4. The molecule has 20 rings (SSSR count). The Morgan fingerprint density at radius 1 is 0.411 bits per heavy atom. The molecule has 12 heterocycles. The number of carboxylic acid groups (broad SMARTS) is 1. The fourth-order valence-electron chi connectivity index (χ4n) is 18.4. The molecule has 4 aliphatic heterocycles. The van der Waals surface area contributed by atoms with Crippen molar-refractivity contribution in [2.75, 3.05) is 132 Å². The Bertz CT molecular complexity index is 4990. The summed E-state index contributed by atoms with van der Waals surface area (Å²) in [6.07, 6.45) is 25.1. The van der Waals surface area contributed by atoms with Crippen LogP contribution in [0.1, 0.15) is 159 Å². The average molecular weight is 1890 g/mol. The van der Waals surface area contributed by atoms with E-state index < -0.39 is 26.3 Å². The molecule has 7 N–H and O–H groups in total. The van der Waals surface area contributed by atoms with Gasteiger partial charge in [-0.2, -0.15) is 0 Å². The fraction of sp³-hybridized carbons (Fsp3) is 0.494. The number of aromatic carboxylic acids is 1. The van der Waals surface area contributed by atoms with Gasteiger partial charge in [-0.05, 0) is 194 Å². The molecule has 4 saturated carbocycles. The number of fused-ring (bicyclic) bond motifs is 12. The van der Waals surface area contributed by atoms with Crippen LogP contribution in [0, 0.1) is 0 Å². The second-order valence-corrected chi connectivity index (χ2v) is 39.6. The Labute approximate surface area is 762 Å². The molecule has 12 aromatic rings. The van der Waals surface area contributed by atoms with Crippen LogP contribution >= 0.6 is 102 Å². The molecular formula is C87H104Cl5N17O10S5. The van der Waals surface area contributed by atoms with Crippen LogP contribution in [-0.4, -0.2) is 251 Å². The summed E-state index contributed by atoms with van der Waals surface area (Å²) in [5, 5.41) is 31.7. The van der Waals surface area contributed by atoms with E-state index in [1.165, 1.54) is 51.4 Å². The highest BCUT2D eigenvalue weighted by molar-refractivity contribution is 8.26. The van der Waals surface area contributed by atoms with Crippen LogP contribution in [0.2, 0.25) is 0 Å². The van der Waals surface area contributed by atoms with Gasteiger partial charge in [-0.25, -0.2) is 48.9 Å². The molecule has 8 aliphatic rings. The van der Waals surface area contributed by atoms with Gasteiger partial charge in [0.2, 0.25) is 15.1 Å². The van der Waals surface area contributed by atoms with Gasteiger partial charge in [0.15, 0.2) is 5.78 Å². The summed E-state index contributed by atoms with van der Waals surface area (Å²) in [6, 6.07) is 26.6. The number of hydrogen-bond donors (Lipinski definition) is 6. The standard InChI is InChI=1S/C22H26N4O2S.C21H23ClN4O2S.C21H25N5O2S.C21H24N4O3S.CH2Cl2.CH4.Cl2OS/c1-14(27)15-2-7-19-18(12-15)20-21(23-13-24-22(20)29-19)25-16-3-5-17(6-4-16)26-8-10-28-11-9-26;2*22-19(27)13-1-6-17-16(11-13)18-20(23-12-24-21(18)29-17)25-14-2-4-15(5-3-14)26-7-9-28-10-8-26;26-21(27)13-1-6-17-16(11-13)18-19(22-12-23-20(18)29-17)24-14-2-4-15(5-3-14)25-7-9-28-10-8-25;2-1-3;;1-4(2)3/h2,7,12-13,16-17H,3-6,8-11H2,1H3,(H,23,24,25);1,6,11-12,14-15H,2-5,7-10H2,(H,23,24,25);1,6,11-12,14-15H,2-5,7-10H2,(H2,22,27)(H,23,24,25);1,6,11-12,14-15H,2-5,7-10H2,(H,26,27)(H,22,23,24);1H2;1H4;. The monoisotopic (exact) mass is 1880 g/mol. The third-order valence-corrected chi connectivity index (χ3v) is 29.2. The summed E-state index contributed by atoms with van der Waals surface area (Å²) < 4.78 is 35.4. The van der Waals surface area contributed by atoms with E-state index in [2.05, 4.69) is 102 Å². The number of ketones is 1. The van der Waals surface area contributed by atoms with E-state index in [9.17, 15) is 24.3 Å². The number of hydrogen-bond acceptors (Lipinski definition) is 29. The van der Waals surface area contributed by atoms with E-state index >= 15 is 0 Å². The van der Waals surface area contributed by atoms with Crippen molar-refractivity contribution in [3.63, 3.8) is 0 Å². The lowest BCUT2D eigenvalue weighted by Gasteiger charge is -2.39. The quantitative estimate of drug-likeness (QED) is 0.0297. The molecule has 8 aromatic heterocycles. The Morgan fingerprint density at radius 2 is 0.645 bits per heavy atom. The first-order chi connectivity index (χ1) is 59.9. The molecule has 4 aliphatic carbocycles. The molecule has 1 amide bonds. The maximum Gasteiger partial charge on any atom is 0.335 e. The van der Waals surface area contributed by atoms with Crippen LogP contribution in [0.4, 0.5) is 23.3 Å². The SMILES string of the molecule is C.CC(=O)c1ccc2sc3ncnc(NC4CCC(N5CCOCC5)CC4)c3c2c1.ClCCl.NC(=O)c1ccc2sc3ncnc(NC4CCC(N5CCOCC5)CC4)c3c2c1.O=C(Cl)c1ccc2sc3ncnc(NC4CCC(N5CCOCC5)CC4)c3c2c1.O=C(O)c1ccc2sc3ncnc(NC4CCC(N5CCOCC5)CC4)c3c2c1.O=S(Cl)Cl. The number of primary amides is 1. The minimum absolute atomic E-state index is 0. The predicted molar refractivity (Wildman–Crippen MR) is 507 cm³/mol. The van der Waals surface area contributed by atoms with Crippen molar-refractivity contribution in [1.29, 1.82) is 0 Å². The number of nitrogens with two attached hydrogens (primary N) is 1. The van der Waals surface area contributed by atoms with Crippen molar-refractivity contribution in [2.24, 2.45) is 5.73 Å². The molecular weight excluding hydrogens is 1780 g/mol. The van der Waals surface area contributed by atoms with Crippen molar-refractivity contribution < 1.29 is 47.4 Å². The zero-order valence-corrected chi connectivity index (χ0v) is 76.0. The van der Waals surface area contributed by atoms with Crippen molar-refractivity contribution in [2.45, 2.75) is 165 Å². The van der Waals surface area contributed by atoms with Crippen molar-refractivity contribution in [1.82, 2.24) is 59.5 Å². The number of amides is 1. The molecule has 37 heteroatoms. The molecule has 8 fully saturated rings. The smallest absolute Gasteiger partial charge is 0.335 e. The Balaban J connectivity index is 0.000000131. The first-order valence-electron chi connectivity index (χ1n) is 42.0. The third-order valence-electron chi connectivity index (χ3n) is 24.6. The van der Waals surface area contributed by atoms with E-state index in [-0.39, 0.29) is 24.1 Å². The number of ether oxygens (including phenoxy) is 4. The van der Waals surface area contributed by atoms with Gasteiger partial charge in [0.1, 0.15) is 67.9 Å². The number of halogens is 5. The third kappa shape index (κ3) is 23.3. The summed E-state index contributed by atoms with van der Waals surface area (Å²) >= 11 is 21.7. The number of alkyl halides is 2. The number of morpholine rings is 4. The molecule has 0 spiro atoms. The number of anilines is 4. The summed E-state index contributed by atoms with van der Waals surface area (Å²) in [5.74, 6) is 2.18. The number of rotatable bonds is 16.